The van der Waals surface area contributed by atoms with Crippen molar-refractivity contribution in [3.8, 4) is 0 Å². The zero-order valence-electron chi connectivity index (χ0n) is 7.40. The number of carbonyl (C=O) groups excluding carboxylic acids is 1. The predicted octanol–water partition coefficient (Wildman–Crippen LogP) is 3.38. The fourth-order valence-electron chi connectivity index (χ4n) is 0.827. The Morgan fingerprint density at radius 2 is 1.94 bits per heavy atom. The number of rotatable bonds is 1. The highest BCUT2D eigenvalue weighted by Gasteiger charge is 2.39. The van der Waals surface area contributed by atoms with Crippen molar-refractivity contribution in [1.29, 1.82) is 0 Å². The molecule has 88 valence electrons. The number of thiol groups is 1. The van der Waals surface area contributed by atoms with E-state index in [-0.39, 0.29) is 9.37 Å². The second-order valence-electron chi connectivity index (χ2n) is 2.74. The largest absolute Gasteiger partial charge is 0.471 e. The van der Waals surface area contributed by atoms with Crippen molar-refractivity contribution in [1.82, 2.24) is 0 Å². The molecule has 0 heterocycles. The van der Waals surface area contributed by atoms with Crippen molar-refractivity contribution in [2.24, 2.45) is 0 Å². The lowest BCUT2D eigenvalue weighted by Gasteiger charge is -2.09. The monoisotopic (exact) mass is 317 g/mol. The van der Waals surface area contributed by atoms with E-state index in [1.165, 1.54) is 5.32 Å². The lowest BCUT2D eigenvalue weighted by atomic mass is 10.3. The van der Waals surface area contributed by atoms with Crippen LogP contribution in [0.15, 0.2) is 21.5 Å². The Morgan fingerprint density at radius 3 is 2.44 bits per heavy atom. The highest BCUT2D eigenvalue weighted by atomic mass is 79.9. The first kappa shape index (κ1) is 13.3. The van der Waals surface area contributed by atoms with Gasteiger partial charge in [0.1, 0.15) is 5.82 Å². The number of hydrogen-bond acceptors (Lipinski definition) is 2. The Bertz CT molecular complexity index is 435. The van der Waals surface area contributed by atoms with Gasteiger partial charge in [-0.1, -0.05) is 0 Å². The van der Waals surface area contributed by atoms with Crippen LogP contribution in [0.3, 0.4) is 0 Å². The van der Waals surface area contributed by atoms with Crippen molar-refractivity contribution in [2.45, 2.75) is 11.1 Å². The summed E-state index contributed by atoms with van der Waals surface area (Å²) in [6, 6.07) is 1.89. The van der Waals surface area contributed by atoms with E-state index in [4.69, 9.17) is 0 Å². The number of benzene rings is 1. The molecule has 8 heteroatoms. The summed E-state index contributed by atoms with van der Waals surface area (Å²) in [4.78, 5) is 10.8. The highest BCUT2D eigenvalue weighted by molar-refractivity contribution is 9.10. The van der Waals surface area contributed by atoms with Crippen molar-refractivity contribution in [3.63, 3.8) is 0 Å². The average Bonchev–Trinajstić information content (AvgIpc) is 2.12. The summed E-state index contributed by atoms with van der Waals surface area (Å²) in [5.41, 5.74) is -0.574. The first-order valence-corrected chi connectivity index (χ1v) is 5.02. The number of halogens is 5. The molecule has 0 saturated carbocycles. The van der Waals surface area contributed by atoms with Gasteiger partial charge in [-0.25, -0.2) is 4.39 Å². The number of amides is 1. The first-order valence-electron chi connectivity index (χ1n) is 3.78. The van der Waals surface area contributed by atoms with Crippen molar-refractivity contribution < 1.29 is 22.4 Å². The minimum atomic E-state index is -5.06. The first-order chi connectivity index (χ1) is 7.21. The number of nitrogens with one attached hydrogen (secondary N) is 1. The number of alkyl halides is 3. The van der Waals surface area contributed by atoms with E-state index in [9.17, 15) is 22.4 Å². The molecule has 1 aromatic carbocycles. The van der Waals surface area contributed by atoms with E-state index in [1.54, 1.807) is 0 Å². The maximum absolute atomic E-state index is 13.1. The smallest absolute Gasteiger partial charge is 0.316 e. The maximum Gasteiger partial charge on any atom is 0.471 e. The van der Waals surface area contributed by atoms with Crippen LogP contribution < -0.4 is 5.32 Å². The number of carbonyl (C=O) groups is 1. The molecule has 1 rings (SSSR count). The predicted molar refractivity (Wildman–Crippen MR) is 56.0 cm³/mol. The molecule has 0 atom stereocenters. The second-order valence-corrected chi connectivity index (χ2v) is 4.07. The van der Waals surface area contributed by atoms with Crippen LogP contribution in [-0.2, 0) is 4.79 Å². The molecule has 0 spiro atoms. The van der Waals surface area contributed by atoms with Gasteiger partial charge in [0, 0.05) is 9.37 Å². The molecule has 1 N–H and O–H groups in total. The third kappa shape index (κ3) is 3.11. The minimum absolute atomic E-state index is 0.207. The van der Waals surface area contributed by atoms with Crippen molar-refractivity contribution >= 4 is 40.2 Å². The summed E-state index contributed by atoms with van der Waals surface area (Å²) in [6.07, 6.45) is -5.06. The Hall–Kier alpha value is -0.760. The lowest BCUT2D eigenvalue weighted by molar-refractivity contribution is -0.167. The molecule has 0 bridgehead atoms. The van der Waals surface area contributed by atoms with Crippen molar-refractivity contribution in [3.05, 3.63) is 22.4 Å². The quantitative estimate of drug-likeness (QED) is 0.603. The maximum atomic E-state index is 13.1. The van der Waals surface area contributed by atoms with E-state index in [2.05, 4.69) is 28.6 Å². The topological polar surface area (TPSA) is 29.1 Å². The Balaban J connectivity index is 2.99. The van der Waals surface area contributed by atoms with Crippen LogP contribution in [0, 0.1) is 5.82 Å². The van der Waals surface area contributed by atoms with E-state index < -0.39 is 23.6 Å². The fourth-order valence-corrected chi connectivity index (χ4v) is 1.34. The van der Waals surface area contributed by atoms with Gasteiger partial charge in [0.15, 0.2) is 0 Å². The lowest BCUT2D eigenvalue weighted by Crippen LogP contribution is -2.30. The Kier molecular flexibility index (Phi) is 3.84. The summed E-state index contributed by atoms with van der Waals surface area (Å²) in [6.45, 7) is 0. The molecule has 1 amide bonds. The molecular formula is C8H4BrF4NOS. The molecule has 2 nitrogen and oxygen atoms in total. The van der Waals surface area contributed by atoms with Gasteiger partial charge < -0.3 is 5.32 Å². The Labute approximate surface area is 102 Å². The standard InChI is InChI=1S/C8H4BrF4NOS/c9-3-1-4(10)5(2-6(3)16)14-7(15)8(11,12)13/h1-2,16H,(H,14,15). The van der Waals surface area contributed by atoms with Gasteiger partial charge in [0.25, 0.3) is 0 Å². The van der Waals surface area contributed by atoms with Gasteiger partial charge in [0.2, 0.25) is 0 Å². The molecule has 0 radical (unpaired) electrons. The third-order valence-electron chi connectivity index (χ3n) is 1.54. The molecule has 16 heavy (non-hydrogen) atoms. The van der Waals surface area contributed by atoms with Crippen LogP contribution in [0.1, 0.15) is 0 Å². The molecule has 0 fully saturated rings. The summed E-state index contributed by atoms with van der Waals surface area (Å²) in [7, 11) is 0. The molecule has 1 aromatic rings. The van der Waals surface area contributed by atoms with Crippen LogP contribution >= 0.6 is 28.6 Å². The third-order valence-corrected chi connectivity index (χ3v) is 2.87. The number of anilines is 1. The summed E-state index contributed by atoms with van der Waals surface area (Å²) in [5.74, 6) is -3.22. The molecule has 0 aromatic heterocycles. The van der Waals surface area contributed by atoms with Gasteiger partial charge in [-0.2, -0.15) is 13.2 Å². The normalized spacial score (nSPS) is 11.4. The van der Waals surface area contributed by atoms with Crippen LogP contribution in [-0.4, -0.2) is 12.1 Å². The molecule has 0 unspecified atom stereocenters. The van der Waals surface area contributed by atoms with Gasteiger partial charge >= 0.3 is 12.1 Å². The van der Waals surface area contributed by atoms with Gasteiger partial charge in [-0.15, -0.1) is 12.6 Å². The summed E-state index contributed by atoms with van der Waals surface area (Å²) in [5, 5.41) is 1.41. The molecular weight excluding hydrogens is 314 g/mol. The van der Waals surface area contributed by atoms with Crippen LogP contribution in [0.5, 0.6) is 0 Å². The minimum Gasteiger partial charge on any atom is -0.316 e. The molecule has 0 saturated heterocycles. The SMILES string of the molecule is O=C(Nc1cc(S)c(Br)cc1F)C(F)(F)F. The van der Waals surface area contributed by atoms with Crippen LogP contribution in [0.4, 0.5) is 23.2 Å². The van der Waals surface area contributed by atoms with Crippen LogP contribution in [0.2, 0.25) is 0 Å². The van der Waals surface area contributed by atoms with Crippen molar-refractivity contribution in [2.75, 3.05) is 5.32 Å². The van der Waals surface area contributed by atoms with Crippen LogP contribution in [0.25, 0.3) is 0 Å². The number of hydrogen-bond donors (Lipinski definition) is 2. The van der Waals surface area contributed by atoms with Gasteiger partial charge in [-0.3, -0.25) is 4.79 Å². The van der Waals surface area contributed by atoms with E-state index >= 15 is 0 Å². The second kappa shape index (κ2) is 4.62. The van der Waals surface area contributed by atoms with Gasteiger partial charge in [-0.05, 0) is 28.1 Å². The summed E-state index contributed by atoms with van der Waals surface area (Å²) >= 11 is 6.80. The average molecular weight is 318 g/mol. The molecule has 0 aliphatic rings. The summed E-state index contributed by atoms with van der Waals surface area (Å²) < 4.78 is 49.1. The van der Waals surface area contributed by atoms with E-state index in [0.29, 0.717) is 0 Å². The zero-order valence-corrected chi connectivity index (χ0v) is 9.88. The van der Waals surface area contributed by atoms with Gasteiger partial charge in [0.05, 0.1) is 5.69 Å². The van der Waals surface area contributed by atoms with E-state index in [1.807, 2.05) is 0 Å². The molecule has 0 aliphatic heterocycles. The van der Waals surface area contributed by atoms with E-state index in [0.717, 1.165) is 12.1 Å². The zero-order chi connectivity index (χ0) is 12.5. The fraction of sp³-hybridized carbons (Fsp3) is 0.125. The Morgan fingerprint density at radius 1 is 1.38 bits per heavy atom. The molecule has 0 aliphatic carbocycles. The highest BCUT2D eigenvalue weighted by Crippen LogP contribution is 2.28.